The van der Waals surface area contributed by atoms with Crippen LogP contribution >= 0.6 is 0 Å². The first-order valence-electron chi connectivity index (χ1n) is 7.33. The van der Waals surface area contributed by atoms with Crippen molar-refractivity contribution < 1.29 is 22.0 Å². The molecule has 1 aromatic carbocycles. The molecule has 0 radical (unpaired) electrons. The van der Waals surface area contributed by atoms with Gasteiger partial charge in [0, 0.05) is 12.0 Å². The molecule has 0 saturated carbocycles. The maximum absolute atomic E-state index is 13.6. The zero-order valence-electron chi connectivity index (χ0n) is 13.3. The van der Waals surface area contributed by atoms with Crippen molar-refractivity contribution in [1.29, 1.82) is 0 Å². The molecule has 0 aliphatic rings. The Morgan fingerprint density at radius 3 is 2.67 bits per heavy atom. The third-order valence-electron chi connectivity index (χ3n) is 3.05. The Morgan fingerprint density at radius 2 is 2.00 bits per heavy atom. The van der Waals surface area contributed by atoms with E-state index in [1.165, 1.54) is 24.3 Å². The molecule has 0 bridgehead atoms. The van der Waals surface area contributed by atoms with Gasteiger partial charge in [-0.2, -0.15) is 0 Å². The molecule has 7 nitrogen and oxygen atoms in total. The number of nitrogens with one attached hydrogen (secondary N) is 1. The van der Waals surface area contributed by atoms with Crippen LogP contribution in [0, 0.1) is 11.7 Å². The Kier molecular flexibility index (Phi) is 5.66. The lowest BCUT2D eigenvalue weighted by Crippen LogP contribution is -2.24. The fourth-order valence-electron chi connectivity index (χ4n) is 1.93. The van der Waals surface area contributed by atoms with Gasteiger partial charge in [0.05, 0.1) is 12.3 Å². The van der Waals surface area contributed by atoms with Crippen LogP contribution in [-0.4, -0.2) is 24.5 Å². The minimum atomic E-state index is -3.97. The summed E-state index contributed by atoms with van der Waals surface area (Å²) in [5, 5.41) is 9.03. The maximum atomic E-state index is 13.6. The van der Waals surface area contributed by atoms with Crippen LogP contribution in [0.3, 0.4) is 0 Å². The number of carbonyl (C=O) groups is 1. The molecular formula is C15H18FN3O4S. The average Bonchev–Trinajstić information content (AvgIpc) is 2.96. The summed E-state index contributed by atoms with van der Waals surface area (Å²) in [5.41, 5.74) is 0.0162. The number of rotatable bonds is 7. The molecule has 0 saturated heterocycles. The first kappa shape index (κ1) is 18.1. The molecule has 0 aliphatic heterocycles. The number of nitrogens with zero attached hydrogens (tertiary/aromatic N) is 2. The molecule has 1 aromatic heterocycles. The van der Waals surface area contributed by atoms with Crippen molar-refractivity contribution in [2.45, 2.75) is 37.8 Å². The van der Waals surface area contributed by atoms with Crippen molar-refractivity contribution in [2.24, 2.45) is 5.92 Å². The van der Waals surface area contributed by atoms with E-state index >= 15 is 0 Å². The van der Waals surface area contributed by atoms with Crippen molar-refractivity contribution >= 4 is 15.7 Å². The van der Waals surface area contributed by atoms with Crippen LogP contribution in [0.25, 0.3) is 0 Å². The molecule has 130 valence electrons. The highest BCUT2D eigenvalue weighted by atomic mass is 32.2. The summed E-state index contributed by atoms with van der Waals surface area (Å²) in [7, 11) is -3.97. The average molecular weight is 355 g/mol. The number of amides is 1. The summed E-state index contributed by atoms with van der Waals surface area (Å²) in [4.78, 5) is 11.5. The van der Waals surface area contributed by atoms with Gasteiger partial charge >= 0.3 is 5.22 Å². The second-order valence-electron chi connectivity index (χ2n) is 5.69. The molecule has 2 rings (SSSR count). The second kappa shape index (κ2) is 7.52. The topological polar surface area (TPSA) is 102 Å². The zero-order valence-corrected chi connectivity index (χ0v) is 14.1. The van der Waals surface area contributed by atoms with E-state index in [0.717, 1.165) is 0 Å². The normalized spacial score (nSPS) is 11.7. The third-order valence-corrected chi connectivity index (χ3v) is 4.44. The van der Waals surface area contributed by atoms with E-state index in [0.29, 0.717) is 6.42 Å². The highest BCUT2D eigenvalue weighted by molar-refractivity contribution is 7.90. The molecule has 2 aromatic rings. The molecule has 0 fully saturated rings. The predicted octanol–water partition coefficient (Wildman–Crippen LogP) is 1.84. The van der Waals surface area contributed by atoms with Gasteiger partial charge in [-0.05, 0) is 12.0 Å². The fourth-order valence-corrected chi connectivity index (χ4v) is 3.09. The molecule has 1 amide bonds. The van der Waals surface area contributed by atoms with Gasteiger partial charge in [0.25, 0.3) is 0 Å². The molecule has 0 spiro atoms. The van der Waals surface area contributed by atoms with Gasteiger partial charge < -0.3 is 9.73 Å². The molecule has 9 heteroatoms. The summed E-state index contributed by atoms with van der Waals surface area (Å²) in [6.45, 7) is 3.74. The minimum Gasteiger partial charge on any atom is -0.411 e. The summed E-state index contributed by atoms with van der Waals surface area (Å²) in [5.74, 6) is -1.23. The molecule has 0 unspecified atom stereocenters. The molecular weight excluding hydrogens is 337 g/mol. The number of hydrogen-bond acceptors (Lipinski definition) is 6. The maximum Gasteiger partial charge on any atom is 0.335 e. The van der Waals surface area contributed by atoms with E-state index in [4.69, 9.17) is 4.42 Å². The molecule has 0 atom stereocenters. The molecule has 1 N–H and O–H groups in total. The molecule has 1 heterocycles. The van der Waals surface area contributed by atoms with Crippen LogP contribution in [0.2, 0.25) is 0 Å². The van der Waals surface area contributed by atoms with E-state index in [9.17, 15) is 17.6 Å². The fraction of sp³-hybridized carbons (Fsp3) is 0.400. The van der Waals surface area contributed by atoms with Gasteiger partial charge in [0.1, 0.15) is 5.82 Å². The predicted molar refractivity (Wildman–Crippen MR) is 82.9 cm³/mol. The van der Waals surface area contributed by atoms with Gasteiger partial charge in [-0.25, -0.2) is 12.8 Å². The number of sulfone groups is 1. The van der Waals surface area contributed by atoms with Gasteiger partial charge in [0.2, 0.25) is 21.6 Å². The molecule has 0 aliphatic carbocycles. The van der Waals surface area contributed by atoms with E-state index < -0.39 is 26.6 Å². The summed E-state index contributed by atoms with van der Waals surface area (Å²) < 4.78 is 43.0. The van der Waals surface area contributed by atoms with Crippen LogP contribution < -0.4 is 5.32 Å². The quantitative estimate of drug-likeness (QED) is 0.813. The lowest BCUT2D eigenvalue weighted by molar-refractivity contribution is -0.122. The zero-order chi connectivity index (χ0) is 17.7. The highest BCUT2D eigenvalue weighted by Gasteiger charge is 2.24. The number of aromatic nitrogens is 2. The van der Waals surface area contributed by atoms with Crippen LogP contribution in [0.4, 0.5) is 4.39 Å². The number of benzene rings is 1. The summed E-state index contributed by atoms with van der Waals surface area (Å²) in [6.07, 6.45) is 0.340. The Balaban J connectivity index is 2.04. The van der Waals surface area contributed by atoms with Crippen LogP contribution in [0.5, 0.6) is 0 Å². The summed E-state index contributed by atoms with van der Waals surface area (Å²) >= 11 is 0. The van der Waals surface area contributed by atoms with E-state index in [1.807, 2.05) is 13.8 Å². The van der Waals surface area contributed by atoms with E-state index in [-0.39, 0.29) is 29.8 Å². The third kappa shape index (κ3) is 4.85. The van der Waals surface area contributed by atoms with Gasteiger partial charge in [-0.3, -0.25) is 4.79 Å². The lowest BCUT2D eigenvalue weighted by atomic mass is 10.1. The van der Waals surface area contributed by atoms with Crippen molar-refractivity contribution in [3.8, 4) is 0 Å². The van der Waals surface area contributed by atoms with Gasteiger partial charge in [-0.1, -0.05) is 37.1 Å². The first-order chi connectivity index (χ1) is 11.3. The Labute approximate surface area is 139 Å². The van der Waals surface area contributed by atoms with Crippen LogP contribution in [0.15, 0.2) is 33.9 Å². The Hall–Kier alpha value is -2.29. The van der Waals surface area contributed by atoms with Crippen molar-refractivity contribution in [3.05, 3.63) is 41.5 Å². The second-order valence-corrected chi connectivity index (χ2v) is 7.55. The summed E-state index contributed by atoms with van der Waals surface area (Å²) in [6, 6.07) is 5.55. The van der Waals surface area contributed by atoms with Crippen LogP contribution in [-0.2, 0) is 26.9 Å². The highest BCUT2D eigenvalue weighted by Crippen LogP contribution is 2.17. The number of carbonyl (C=O) groups excluding carboxylic acids is 1. The van der Waals surface area contributed by atoms with E-state index in [1.54, 1.807) is 0 Å². The Bertz CT molecular complexity index is 818. The smallest absolute Gasteiger partial charge is 0.335 e. The van der Waals surface area contributed by atoms with Crippen LogP contribution in [0.1, 0.15) is 31.7 Å². The van der Waals surface area contributed by atoms with Crippen molar-refractivity contribution in [1.82, 2.24) is 15.5 Å². The monoisotopic (exact) mass is 355 g/mol. The Morgan fingerprint density at radius 1 is 1.29 bits per heavy atom. The van der Waals surface area contributed by atoms with Gasteiger partial charge in [0.15, 0.2) is 0 Å². The SMILES string of the molecule is CC(C)CC(=O)NCc1nnc(S(=O)(=O)Cc2ccccc2F)o1. The lowest BCUT2D eigenvalue weighted by Gasteiger charge is -2.04. The molecule has 24 heavy (non-hydrogen) atoms. The van der Waals surface area contributed by atoms with Crippen molar-refractivity contribution in [3.63, 3.8) is 0 Å². The number of halogens is 1. The van der Waals surface area contributed by atoms with Crippen molar-refractivity contribution in [2.75, 3.05) is 0 Å². The standard InChI is InChI=1S/C15H18FN3O4S/c1-10(2)7-13(20)17-8-14-18-19-15(23-14)24(21,22)9-11-5-3-4-6-12(11)16/h3-6,10H,7-9H2,1-2H3,(H,17,20). The minimum absolute atomic E-state index is 0.0162. The first-order valence-corrected chi connectivity index (χ1v) is 8.98. The number of hydrogen-bond donors (Lipinski definition) is 1. The van der Waals surface area contributed by atoms with Gasteiger partial charge in [-0.15, -0.1) is 5.10 Å². The van der Waals surface area contributed by atoms with E-state index in [2.05, 4.69) is 15.5 Å². The largest absolute Gasteiger partial charge is 0.411 e.